The molecular weight excluding hydrogens is 604 g/mol. The molecule has 4 rings (SSSR count). The van der Waals surface area contributed by atoms with Crippen LogP contribution in [-0.4, -0.2) is 19.0 Å². The quantitative estimate of drug-likeness (QED) is 0.181. The highest BCUT2D eigenvalue weighted by molar-refractivity contribution is 14.1. The molecule has 168 valence electrons. The number of carbonyl (C=O) groups is 1. The van der Waals surface area contributed by atoms with Crippen LogP contribution in [0.1, 0.15) is 22.3 Å². The molecule has 0 saturated carbocycles. The number of nitrogens with zero attached hydrogens (tertiary/aromatic N) is 1. The van der Waals surface area contributed by atoms with E-state index in [2.05, 4.69) is 43.5 Å². The Morgan fingerprint density at radius 3 is 2.70 bits per heavy atom. The van der Waals surface area contributed by atoms with Crippen molar-refractivity contribution >= 4 is 56.5 Å². The van der Waals surface area contributed by atoms with E-state index in [1.54, 1.807) is 36.4 Å². The summed E-state index contributed by atoms with van der Waals surface area (Å²) in [4.78, 5) is 16.8. The van der Waals surface area contributed by atoms with Gasteiger partial charge in [-0.2, -0.15) is 0 Å². The van der Waals surface area contributed by atoms with Crippen LogP contribution in [0, 0.1) is 16.3 Å². The third kappa shape index (κ3) is 5.27. The van der Waals surface area contributed by atoms with Crippen LogP contribution in [0.25, 0.3) is 6.08 Å². The molecule has 0 atom stereocenters. The lowest BCUT2D eigenvalue weighted by Crippen LogP contribution is -2.05. The maximum atomic E-state index is 13.9. The minimum absolute atomic E-state index is 0.0391. The lowest BCUT2D eigenvalue weighted by atomic mass is 10.1. The summed E-state index contributed by atoms with van der Waals surface area (Å²) in [5, 5.41) is 0. The molecule has 33 heavy (non-hydrogen) atoms. The molecule has 3 aromatic carbocycles. The molecule has 1 heterocycles. The van der Waals surface area contributed by atoms with E-state index < -0.39 is 5.97 Å². The van der Waals surface area contributed by atoms with Crippen molar-refractivity contribution in [2.24, 2.45) is 4.99 Å². The first-order chi connectivity index (χ1) is 15.9. The fourth-order valence-corrected chi connectivity index (χ4v) is 4.23. The molecule has 0 radical (unpaired) electrons. The standard InChI is InChI=1S/C25H18BrFINO4/c1-14-7-8-16(12-20(14)28)24-29-21(25(30)33-24)10-15-9-18(26)23(22(11-15)31-2)32-13-17-5-3-4-6-19(17)27/h3-12H,13H2,1-2H3. The summed E-state index contributed by atoms with van der Waals surface area (Å²) in [6.45, 7) is 2.05. The van der Waals surface area contributed by atoms with Gasteiger partial charge in [0.25, 0.3) is 0 Å². The molecule has 0 bridgehead atoms. The molecule has 5 nitrogen and oxygen atoms in total. The number of esters is 1. The molecule has 8 heteroatoms. The van der Waals surface area contributed by atoms with E-state index in [1.165, 1.54) is 13.2 Å². The lowest BCUT2D eigenvalue weighted by Gasteiger charge is -2.14. The third-order valence-corrected chi connectivity index (χ3v) is 6.68. The Kier molecular flexibility index (Phi) is 7.14. The Morgan fingerprint density at radius 2 is 1.97 bits per heavy atom. The van der Waals surface area contributed by atoms with Crippen molar-refractivity contribution in [3.63, 3.8) is 0 Å². The minimum Gasteiger partial charge on any atom is -0.493 e. The van der Waals surface area contributed by atoms with Gasteiger partial charge in [-0.05, 0) is 93.0 Å². The zero-order valence-electron chi connectivity index (χ0n) is 17.7. The molecule has 3 aromatic rings. The van der Waals surface area contributed by atoms with Gasteiger partial charge < -0.3 is 14.2 Å². The minimum atomic E-state index is -0.532. The number of cyclic esters (lactones) is 1. The number of benzene rings is 3. The summed E-state index contributed by atoms with van der Waals surface area (Å²) in [7, 11) is 1.51. The van der Waals surface area contributed by atoms with E-state index >= 15 is 0 Å². The molecule has 0 saturated heterocycles. The van der Waals surface area contributed by atoms with Crippen molar-refractivity contribution in [1.29, 1.82) is 0 Å². The van der Waals surface area contributed by atoms with Gasteiger partial charge in [0, 0.05) is 14.7 Å². The summed E-state index contributed by atoms with van der Waals surface area (Å²) in [5.74, 6) is 0.243. The summed E-state index contributed by atoms with van der Waals surface area (Å²) >= 11 is 5.71. The number of halogens is 3. The summed E-state index contributed by atoms with van der Waals surface area (Å²) < 4.78 is 32.2. The number of hydrogen-bond acceptors (Lipinski definition) is 5. The van der Waals surface area contributed by atoms with Crippen molar-refractivity contribution in [1.82, 2.24) is 0 Å². The zero-order chi connectivity index (χ0) is 23.5. The Labute approximate surface area is 212 Å². The first-order valence-electron chi connectivity index (χ1n) is 9.88. The molecule has 0 unspecified atom stereocenters. The molecule has 0 aromatic heterocycles. The summed E-state index contributed by atoms with van der Waals surface area (Å²) in [5.41, 5.74) is 3.13. The number of hydrogen-bond donors (Lipinski definition) is 0. The highest BCUT2D eigenvalue weighted by Crippen LogP contribution is 2.38. The van der Waals surface area contributed by atoms with Gasteiger partial charge in [0.1, 0.15) is 12.4 Å². The van der Waals surface area contributed by atoms with E-state index in [9.17, 15) is 9.18 Å². The zero-order valence-corrected chi connectivity index (χ0v) is 21.4. The monoisotopic (exact) mass is 621 g/mol. The number of carbonyl (C=O) groups excluding carboxylic acids is 1. The van der Waals surface area contributed by atoms with Crippen LogP contribution in [0.15, 0.2) is 69.8 Å². The topological polar surface area (TPSA) is 57.1 Å². The number of methoxy groups -OCH3 is 1. The molecule has 0 fully saturated rings. The van der Waals surface area contributed by atoms with Crippen molar-refractivity contribution < 1.29 is 23.4 Å². The van der Waals surface area contributed by atoms with Gasteiger partial charge in [-0.1, -0.05) is 24.3 Å². The van der Waals surface area contributed by atoms with Gasteiger partial charge in [-0.15, -0.1) is 0 Å². The van der Waals surface area contributed by atoms with Crippen molar-refractivity contribution in [3.8, 4) is 11.5 Å². The van der Waals surface area contributed by atoms with Gasteiger partial charge in [-0.3, -0.25) is 0 Å². The molecule has 0 amide bonds. The van der Waals surface area contributed by atoms with Crippen LogP contribution in [0.4, 0.5) is 4.39 Å². The maximum Gasteiger partial charge on any atom is 0.363 e. The smallest absolute Gasteiger partial charge is 0.363 e. The molecule has 0 spiro atoms. The molecule has 0 N–H and O–H groups in total. The summed E-state index contributed by atoms with van der Waals surface area (Å²) in [6, 6.07) is 15.6. The Balaban J connectivity index is 1.60. The normalized spacial score (nSPS) is 14.3. The second-order valence-corrected chi connectivity index (χ2v) is 9.23. The first kappa shape index (κ1) is 23.4. The predicted molar refractivity (Wildman–Crippen MR) is 136 cm³/mol. The second kappa shape index (κ2) is 10.0. The van der Waals surface area contributed by atoms with Crippen LogP contribution in [-0.2, 0) is 16.1 Å². The van der Waals surface area contributed by atoms with Gasteiger partial charge in [0.2, 0.25) is 5.90 Å². The van der Waals surface area contributed by atoms with E-state index in [1.807, 2.05) is 25.1 Å². The lowest BCUT2D eigenvalue weighted by molar-refractivity contribution is -0.129. The predicted octanol–water partition coefficient (Wildman–Crippen LogP) is 6.43. The first-order valence-corrected chi connectivity index (χ1v) is 11.8. The van der Waals surface area contributed by atoms with Crippen LogP contribution in [0.2, 0.25) is 0 Å². The fraction of sp³-hybridized carbons (Fsp3) is 0.120. The van der Waals surface area contributed by atoms with Crippen LogP contribution in [0.3, 0.4) is 0 Å². The van der Waals surface area contributed by atoms with E-state index in [4.69, 9.17) is 14.2 Å². The van der Waals surface area contributed by atoms with Crippen molar-refractivity contribution in [2.75, 3.05) is 7.11 Å². The highest BCUT2D eigenvalue weighted by atomic mass is 127. The average Bonchev–Trinajstić information content (AvgIpc) is 3.15. The van der Waals surface area contributed by atoms with E-state index in [0.717, 1.165) is 14.7 Å². The van der Waals surface area contributed by atoms with Crippen LogP contribution >= 0.6 is 38.5 Å². The van der Waals surface area contributed by atoms with Crippen molar-refractivity contribution in [2.45, 2.75) is 13.5 Å². The van der Waals surface area contributed by atoms with Crippen LogP contribution < -0.4 is 9.47 Å². The van der Waals surface area contributed by atoms with Crippen molar-refractivity contribution in [3.05, 3.63) is 96.4 Å². The third-order valence-electron chi connectivity index (χ3n) is 4.92. The van der Waals surface area contributed by atoms with Gasteiger partial charge in [-0.25, -0.2) is 14.2 Å². The highest BCUT2D eigenvalue weighted by Gasteiger charge is 2.25. The Morgan fingerprint density at radius 1 is 1.18 bits per heavy atom. The van der Waals surface area contributed by atoms with E-state index in [-0.39, 0.29) is 24.0 Å². The fourth-order valence-electron chi connectivity index (χ4n) is 3.14. The number of aryl methyl sites for hydroxylation is 1. The average molecular weight is 622 g/mol. The number of ether oxygens (including phenoxy) is 3. The second-order valence-electron chi connectivity index (χ2n) is 7.21. The molecule has 1 aliphatic rings. The Hall–Kier alpha value is -2.72. The SMILES string of the molecule is COc1cc(C=C2N=C(c3ccc(C)c(I)c3)OC2=O)cc(Br)c1OCc1ccccc1F. The van der Waals surface area contributed by atoms with Crippen LogP contribution in [0.5, 0.6) is 11.5 Å². The Bertz CT molecular complexity index is 1310. The summed E-state index contributed by atoms with van der Waals surface area (Å²) in [6.07, 6.45) is 1.61. The largest absolute Gasteiger partial charge is 0.493 e. The number of aliphatic imine (C=N–C) groups is 1. The molecular formula is C25H18BrFINO4. The van der Waals surface area contributed by atoms with Gasteiger partial charge in [0.15, 0.2) is 17.2 Å². The maximum absolute atomic E-state index is 13.9. The number of rotatable bonds is 6. The van der Waals surface area contributed by atoms with E-state index in [0.29, 0.717) is 27.1 Å². The molecule has 0 aliphatic carbocycles. The molecule has 1 aliphatic heterocycles. The van der Waals surface area contributed by atoms with Gasteiger partial charge >= 0.3 is 5.97 Å². The van der Waals surface area contributed by atoms with Gasteiger partial charge in [0.05, 0.1) is 11.6 Å².